The predicted octanol–water partition coefficient (Wildman–Crippen LogP) is 2.93. The van der Waals surface area contributed by atoms with Gasteiger partial charge in [0.05, 0.1) is 12.7 Å². The maximum Gasteiger partial charge on any atom is 0.275 e. The molecule has 3 rings (SSSR count). The quantitative estimate of drug-likeness (QED) is 0.746. The van der Waals surface area contributed by atoms with Crippen molar-refractivity contribution in [3.8, 4) is 0 Å². The predicted molar refractivity (Wildman–Crippen MR) is 102 cm³/mol. The van der Waals surface area contributed by atoms with Crippen LogP contribution in [0.5, 0.6) is 0 Å². The number of hydrogen-bond acceptors (Lipinski definition) is 4. The third-order valence-electron chi connectivity index (χ3n) is 4.75. The fraction of sp³-hybridized carbons (Fsp3) is 0.526. The summed E-state index contributed by atoms with van der Waals surface area (Å²) in [5, 5.41) is 8.79. The molecule has 140 valence electrons. The van der Waals surface area contributed by atoms with Gasteiger partial charge in [0.1, 0.15) is 0 Å². The maximum absolute atomic E-state index is 12.5. The maximum atomic E-state index is 12.5. The van der Waals surface area contributed by atoms with Crippen molar-refractivity contribution in [2.45, 2.75) is 32.2 Å². The Bertz CT molecular complexity index is 726. The van der Waals surface area contributed by atoms with E-state index in [0.717, 1.165) is 25.1 Å². The minimum absolute atomic E-state index is 0.0824. The SMILES string of the molecule is CN(CCCN1CCCCC1)C(=O)c1cn(Cc2cccc(Cl)c2)nn1. The lowest BCUT2D eigenvalue weighted by Gasteiger charge is -2.27. The standard InChI is InChI=1S/C19H26ClN5O/c1-23(9-6-12-24-10-3-2-4-11-24)19(26)18-15-25(22-21-18)14-16-7-5-8-17(20)13-16/h5,7-8,13,15H,2-4,6,9-12,14H2,1H3. The molecule has 1 fully saturated rings. The van der Waals surface area contributed by atoms with Gasteiger partial charge in [-0.2, -0.15) is 0 Å². The molecule has 1 saturated heterocycles. The molecule has 1 aromatic carbocycles. The molecule has 7 heteroatoms. The normalized spacial score (nSPS) is 15.2. The van der Waals surface area contributed by atoms with Gasteiger partial charge in [-0.1, -0.05) is 35.4 Å². The molecule has 1 aliphatic heterocycles. The lowest BCUT2D eigenvalue weighted by Crippen LogP contribution is -2.34. The summed E-state index contributed by atoms with van der Waals surface area (Å²) in [4.78, 5) is 16.7. The van der Waals surface area contributed by atoms with E-state index >= 15 is 0 Å². The molecule has 0 saturated carbocycles. The summed E-state index contributed by atoms with van der Waals surface area (Å²) in [6.07, 6.45) is 6.62. The highest BCUT2D eigenvalue weighted by Gasteiger charge is 2.16. The van der Waals surface area contributed by atoms with E-state index in [1.165, 1.54) is 32.4 Å². The van der Waals surface area contributed by atoms with Crippen molar-refractivity contribution >= 4 is 17.5 Å². The van der Waals surface area contributed by atoms with Crippen molar-refractivity contribution in [2.24, 2.45) is 0 Å². The number of halogens is 1. The first-order valence-electron chi connectivity index (χ1n) is 9.24. The minimum Gasteiger partial charge on any atom is -0.340 e. The van der Waals surface area contributed by atoms with Crippen molar-refractivity contribution in [2.75, 3.05) is 33.2 Å². The van der Waals surface area contributed by atoms with E-state index in [1.807, 2.05) is 31.3 Å². The second kappa shape index (κ2) is 9.14. The Morgan fingerprint density at radius 3 is 2.85 bits per heavy atom. The van der Waals surface area contributed by atoms with Crippen LogP contribution in [0.25, 0.3) is 0 Å². The molecule has 0 spiro atoms. The molecule has 1 aromatic heterocycles. The van der Waals surface area contributed by atoms with Crippen LogP contribution in [-0.2, 0) is 6.54 Å². The van der Waals surface area contributed by atoms with E-state index in [-0.39, 0.29) is 5.91 Å². The second-order valence-electron chi connectivity index (χ2n) is 6.91. The van der Waals surface area contributed by atoms with Crippen molar-refractivity contribution < 1.29 is 4.79 Å². The van der Waals surface area contributed by atoms with E-state index < -0.39 is 0 Å². The van der Waals surface area contributed by atoms with Crippen LogP contribution in [0.1, 0.15) is 41.7 Å². The van der Waals surface area contributed by atoms with Crippen LogP contribution in [-0.4, -0.2) is 63.9 Å². The second-order valence-corrected chi connectivity index (χ2v) is 7.35. The Kier molecular flexibility index (Phi) is 6.63. The van der Waals surface area contributed by atoms with Crippen LogP contribution in [0.4, 0.5) is 0 Å². The summed E-state index contributed by atoms with van der Waals surface area (Å²) < 4.78 is 1.67. The summed E-state index contributed by atoms with van der Waals surface area (Å²) in [6.45, 7) is 4.71. The average molecular weight is 376 g/mol. The number of aromatic nitrogens is 3. The largest absolute Gasteiger partial charge is 0.340 e. The smallest absolute Gasteiger partial charge is 0.275 e. The molecule has 0 N–H and O–H groups in total. The van der Waals surface area contributed by atoms with Crippen LogP contribution < -0.4 is 0 Å². The highest BCUT2D eigenvalue weighted by molar-refractivity contribution is 6.30. The summed E-state index contributed by atoms with van der Waals surface area (Å²) in [5.74, 6) is -0.0824. The number of nitrogens with zero attached hydrogens (tertiary/aromatic N) is 5. The van der Waals surface area contributed by atoms with Crippen LogP contribution in [0, 0.1) is 0 Å². The Balaban J connectivity index is 1.48. The first kappa shape index (κ1) is 18.9. The van der Waals surface area contributed by atoms with Crippen molar-refractivity contribution in [1.82, 2.24) is 24.8 Å². The van der Waals surface area contributed by atoms with E-state index in [2.05, 4.69) is 15.2 Å². The van der Waals surface area contributed by atoms with Gasteiger partial charge in [0.15, 0.2) is 5.69 Å². The molecule has 0 radical (unpaired) electrons. The molecule has 1 amide bonds. The number of amides is 1. The summed E-state index contributed by atoms with van der Waals surface area (Å²) >= 11 is 6.00. The van der Waals surface area contributed by atoms with Gasteiger partial charge in [-0.25, -0.2) is 4.68 Å². The molecule has 0 atom stereocenters. The molecule has 0 aliphatic carbocycles. The molecule has 1 aliphatic rings. The number of rotatable bonds is 7. The van der Waals surface area contributed by atoms with Crippen molar-refractivity contribution in [3.63, 3.8) is 0 Å². The molecule has 0 bridgehead atoms. The number of carbonyl (C=O) groups excluding carboxylic acids is 1. The van der Waals surface area contributed by atoms with E-state index in [4.69, 9.17) is 11.6 Å². The zero-order chi connectivity index (χ0) is 18.4. The van der Waals surface area contributed by atoms with Gasteiger partial charge >= 0.3 is 0 Å². The fourth-order valence-electron chi connectivity index (χ4n) is 3.31. The third-order valence-corrected chi connectivity index (χ3v) is 4.99. The Morgan fingerprint density at radius 2 is 2.08 bits per heavy atom. The van der Waals surface area contributed by atoms with Gasteiger partial charge in [-0.3, -0.25) is 4.79 Å². The molecule has 0 unspecified atom stereocenters. The Labute approximate surface area is 159 Å². The summed E-state index contributed by atoms with van der Waals surface area (Å²) in [6, 6.07) is 7.59. The first-order valence-corrected chi connectivity index (χ1v) is 9.62. The van der Waals surface area contributed by atoms with E-state index in [9.17, 15) is 4.79 Å². The molecule has 2 aromatic rings. The summed E-state index contributed by atoms with van der Waals surface area (Å²) in [7, 11) is 1.83. The number of benzene rings is 1. The van der Waals surface area contributed by atoms with E-state index in [1.54, 1.807) is 15.8 Å². The number of hydrogen-bond donors (Lipinski definition) is 0. The van der Waals surface area contributed by atoms with Crippen molar-refractivity contribution in [3.05, 3.63) is 46.7 Å². The molecular formula is C19H26ClN5O. The minimum atomic E-state index is -0.0824. The van der Waals surface area contributed by atoms with Crippen molar-refractivity contribution in [1.29, 1.82) is 0 Å². The van der Waals surface area contributed by atoms with Crippen LogP contribution >= 0.6 is 11.6 Å². The zero-order valence-corrected chi connectivity index (χ0v) is 16.0. The fourth-order valence-corrected chi connectivity index (χ4v) is 3.52. The molecule has 6 nitrogen and oxygen atoms in total. The van der Waals surface area contributed by atoms with Gasteiger partial charge in [0.25, 0.3) is 5.91 Å². The Morgan fingerprint density at radius 1 is 1.27 bits per heavy atom. The average Bonchev–Trinajstić information content (AvgIpc) is 3.10. The summed E-state index contributed by atoms with van der Waals surface area (Å²) in [5.41, 5.74) is 1.41. The van der Waals surface area contributed by atoms with Gasteiger partial charge in [-0.15, -0.1) is 5.10 Å². The third kappa shape index (κ3) is 5.29. The van der Waals surface area contributed by atoms with Crippen LogP contribution in [0.2, 0.25) is 5.02 Å². The van der Waals surface area contributed by atoms with Gasteiger partial charge < -0.3 is 9.80 Å². The highest BCUT2D eigenvalue weighted by Crippen LogP contribution is 2.12. The lowest BCUT2D eigenvalue weighted by molar-refractivity contribution is 0.0781. The zero-order valence-electron chi connectivity index (χ0n) is 15.3. The van der Waals surface area contributed by atoms with Gasteiger partial charge in [0, 0.05) is 18.6 Å². The van der Waals surface area contributed by atoms with E-state index in [0.29, 0.717) is 17.3 Å². The molecule has 26 heavy (non-hydrogen) atoms. The number of carbonyl (C=O) groups is 1. The topological polar surface area (TPSA) is 54.3 Å². The first-order chi connectivity index (χ1) is 12.6. The molecular weight excluding hydrogens is 350 g/mol. The Hall–Kier alpha value is -1.92. The highest BCUT2D eigenvalue weighted by atomic mass is 35.5. The van der Waals surface area contributed by atoms with Crippen LogP contribution in [0.3, 0.4) is 0 Å². The lowest BCUT2D eigenvalue weighted by atomic mass is 10.1. The van der Waals surface area contributed by atoms with Crippen LogP contribution in [0.15, 0.2) is 30.5 Å². The van der Waals surface area contributed by atoms with Gasteiger partial charge in [-0.05, 0) is 56.6 Å². The van der Waals surface area contributed by atoms with Gasteiger partial charge in [0.2, 0.25) is 0 Å². The molecule has 2 heterocycles. The monoisotopic (exact) mass is 375 g/mol. The number of likely N-dealkylation sites (tertiary alicyclic amines) is 1. The number of piperidine rings is 1.